The Morgan fingerprint density at radius 2 is 1.83 bits per heavy atom. The molecular weight excluding hydrogens is 286 g/mol. The third kappa shape index (κ3) is 3.24. The lowest BCUT2D eigenvalue weighted by molar-refractivity contribution is -0.128. The fourth-order valence-corrected chi connectivity index (χ4v) is 3.19. The summed E-state index contributed by atoms with van der Waals surface area (Å²) < 4.78 is 5.84. The normalized spacial score (nSPS) is 20.4. The van der Waals surface area contributed by atoms with Crippen molar-refractivity contribution < 1.29 is 9.53 Å². The quantitative estimate of drug-likeness (QED) is 0.910. The molecule has 3 atom stereocenters. The molecule has 0 saturated heterocycles. The Balaban J connectivity index is 1.62. The smallest absolute Gasteiger partial charge is 0.261 e. The lowest BCUT2D eigenvalue weighted by atomic mass is 9.95. The van der Waals surface area contributed by atoms with Gasteiger partial charge >= 0.3 is 0 Å². The molecule has 1 amide bonds. The largest absolute Gasteiger partial charge is 0.480 e. The van der Waals surface area contributed by atoms with E-state index in [1.54, 1.807) is 0 Å². The number of amides is 1. The summed E-state index contributed by atoms with van der Waals surface area (Å²) in [5.41, 5.74) is 2.38. The van der Waals surface area contributed by atoms with Crippen LogP contribution in [0.15, 0.2) is 54.6 Å². The first-order valence-corrected chi connectivity index (χ1v) is 8.29. The van der Waals surface area contributed by atoms with Gasteiger partial charge < -0.3 is 10.1 Å². The molecule has 0 aliphatic carbocycles. The first-order chi connectivity index (χ1) is 11.2. The number of carbonyl (C=O) groups is 1. The number of benzene rings is 2. The molecular formula is C20H23NO2. The maximum absolute atomic E-state index is 12.5. The monoisotopic (exact) mass is 309 g/mol. The molecule has 3 heteroatoms. The van der Waals surface area contributed by atoms with Crippen LogP contribution in [0.2, 0.25) is 0 Å². The third-order valence-electron chi connectivity index (χ3n) is 4.66. The Morgan fingerprint density at radius 1 is 1.13 bits per heavy atom. The van der Waals surface area contributed by atoms with Crippen molar-refractivity contribution in [1.82, 2.24) is 5.32 Å². The summed E-state index contributed by atoms with van der Waals surface area (Å²) in [4.78, 5) is 12.5. The van der Waals surface area contributed by atoms with Gasteiger partial charge in [0.25, 0.3) is 5.91 Å². The highest BCUT2D eigenvalue weighted by molar-refractivity contribution is 5.83. The van der Waals surface area contributed by atoms with Crippen molar-refractivity contribution in [3.05, 3.63) is 65.7 Å². The van der Waals surface area contributed by atoms with Gasteiger partial charge in [-0.05, 0) is 18.1 Å². The standard InChI is InChI=1S/C20H23NO2/c1-3-15(16-9-5-4-6-10-16)13-21-20(22)19-14(2)17-11-7-8-12-18(17)23-19/h4-12,14-15,19H,3,13H2,1-2H3,(H,21,22). The zero-order valence-corrected chi connectivity index (χ0v) is 13.7. The number of hydrogen-bond donors (Lipinski definition) is 1. The van der Waals surface area contributed by atoms with Gasteiger partial charge in [-0.15, -0.1) is 0 Å². The predicted molar refractivity (Wildman–Crippen MR) is 91.8 cm³/mol. The van der Waals surface area contributed by atoms with Crippen LogP contribution < -0.4 is 10.1 Å². The molecule has 23 heavy (non-hydrogen) atoms. The summed E-state index contributed by atoms with van der Waals surface area (Å²) in [6, 6.07) is 18.2. The minimum atomic E-state index is -0.430. The maximum atomic E-state index is 12.5. The van der Waals surface area contributed by atoms with Crippen molar-refractivity contribution in [3.63, 3.8) is 0 Å². The van der Waals surface area contributed by atoms with E-state index in [0.29, 0.717) is 12.5 Å². The molecule has 1 aliphatic rings. The average molecular weight is 309 g/mol. The van der Waals surface area contributed by atoms with E-state index < -0.39 is 6.10 Å². The Labute approximate surface area is 137 Å². The summed E-state index contributed by atoms with van der Waals surface area (Å²) in [5.74, 6) is 1.22. The molecule has 0 fully saturated rings. The van der Waals surface area contributed by atoms with Crippen molar-refractivity contribution in [2.75, 3.05) is 6.54 Å². The number of nitrogens with one attached hydrogen (secondary N) is 1. The summed E-state index contributed by atoms with van der Waals surface area (Å²) in [6.45, 7) is 4.83. The summed E-state index contributed by atoms with van der Waals surface area (Å²) in [6.07, 6.45) is 0.562. The fourth-order valence-electron chi connectivity index (χ4n) is 3.19. The van der Waals surface area contributed by atoms with Gasteiger partial charge in [0.15, 0.2) is 6.10 Å². The van der Waals surface area contributed by atoms with Crippen molar-refractivity contribution in [2.45, 2.75) is 38.2 Å². The van der Waals surface area contributed by atoms with E-state index in [9.17, 15) is 4.79 Å². The second kappa shape index (κ2) is 6.86. The minimum Gasteiger partial charge on any atom is -0.480 e. The van der Waals surface area contributed by atoms with Gasteiger partial charge in [0.05, 0.1) is 0 Å². The molecule has 1 N–H and O–H groups in total. The molecule has 0 bridgehead atoms. The Hall–Kier alpha value is -2.29. The van der Waals surface area contributed by atoms with Gasteiger partial charge in [0, 0.05) is 23.9 Å². The van der Waals surface area contributed by atoms with Crippen LogP contribution in [0.5, 0.6) is 5.75 Å². The summed E-state index contributed by atoms with van der Waals surface area (Å²) in [7, 11) is 0. The van der Waals surface area contributed by atoms with Gasteiger partial charge in [-0.3, -0.25) is 4.79 Å². The van der Waals surface area contributed by atoms with Crippen LogP contribution in [0.3, 0.4) is 0 Å². The van der Waals surface area contributed by atoms with Gasteiger partial charge in [-0.25, -0.2) is 0 Å². The first-order valence-electron chi connectivity index (χ1n) is 8.29. The Kier molecular flexibility index (Phi) is 4.65. The highest BCUT2D eigenvalue weighted by Gasteiger charge is 2.36. The van der Waals surface area contributed by atoms with Crippen molar-refractivity contribution >= 4 is 5.91 Å². The topological polar surface area (TPSA) is 38.3 Å². The molecule has 0 spiro atoms. The molecule has 0 aromatic heterocycles. The molecule has 3 rings (SSSR count). The second-order valence-electron chi connectivity index (χ2n) is 6.13. The summed E-state index contributed by atoms with van der Waals surface area (Å²) in [5, 5.41) is 3.08. The number of rotatable bonds is 5. The van der Waals surface area contributed by atoms with E-state index in [-0.39, 0.29) is 11.8 Å². The highest BCUT2D eigenvalue weighted by Crippen LogP contribution is 2.37. The summed E-state index contributed by atoms with van der Waals surface area (Å²) >= 11 is 0. The first kappa shape index (κ1) is 15.6. The van der Waals surface area contributed by atoms with Crippen LogP contribution in [0.25, 0.3) is 0 Å². The third-order valence-corrected chi connectivity index (χ3v) is 4.66. The van der Waals surface area contributed by atoms with E-state index in [1.807, 2.05) is 49.4 Å². The van der Waals surface area contributed by atoms with Gasteiger partial charge in [-0.1, -0.05) is 62.4 Å². The molecule has 0 radical (unpaired) electrons. The van der Waals surface area contributed by atoms with E-state index in [2.05, 4.69) is 24.4 Å². The Bertz CT molecular complexity index is 668. The lowest BCUT2D eigenvalue weighted by Crippen LogP contribution is -2.40. The van der Waals surface area contributed by atoms with Crippen LogP contribution in [0, 0.1) is 0 Å². The molecule has 0 saturated carbocycles. The lowest BCUT2D eigenvalue weighted by Gasteiger charge is -2.19. The molecule has 2 aromatic rings. The number of carbonyl (C=O) groups excluding carboxylic acids is 1. The van der Waals surface area contributed by atoms with Crippen LogP contribution in [0.4, 0.5) is 0 Å². The van der Waals surface area contributed by atoms with Crippen molar-refractivity contribution in [2.24, 2.45) is 0 Å². The number of hydrogen-bond acceptors (Lipinski definition) is 2. The molecule has 3 unspecified atom stereocenters. The molecule has 2 aromatic carbocycles. The SMILES string of the molecule is CCC(CNC(=O)C1Oc2ccccc2C1C)c1ccccc1. The molecule has 3 nitrogen and oxygen atoms in total. The minimum absolute atomic E-state index is 0.0249. The second-order valence-corrected chi connectivity index (χ2v) is 6.13. The highest BCUT2D eigenvalue weighted by atomic mass is 16.5. The van der Waals surface area contributed by atoms with Gasteiger partial charge in [0.1, 0.15) is 5.75 Å². The van der Waals surface area contributed by atoms with Crippen LogP contribution >= 0.6 is 0 Å². The zero-order chi connectivity index (χ0) is 16.2. The fraction of sp³-hybridized carbons (Fsp3) is 0.350. The van der Waals surface area contributed by atoms with Crippen LogP contribution in [-0.4, -0.2) is 18.6 Å². The van der Waals surface area contributed by atoms with Crippen molar-refractivity contribution in [1.29, 1.82) is 0 Å². The van der Waals surface area contributed by atoms with Gasteiger partial charge in [0.2, 0.25) is 0 Å². The number of para-hydroxylation sites is 1. The number of ether oxygens (including phenoxy) is 1. The zero-order valence-electron chi connectivity index (χ0n) is 13.7. The van der Waals surface area contributed by atoms with Crippen molar-refractivity contribution in [3.8, 4) is 5.75 Å². The molecule has 1 aliphatic heterocycles. The van der Waals surface area contributed by atoms with Gasteiger partial charge in [-0.2, -0.15) is 0 Å². The molecule has 120 valence electrons. The Morgan fingerprint density at radius 3 is 2.52 bits per heavy atom. The van der Waals surface area contributed by atoms with E-state index in [0.717, 1.165) is 17.7 Å². The van der Waals surface area contributed by atoms with Crippen LogP contribution in [0.1, 0.15) is 43.2 Å². The number of fused-ring (bicyclic) bond motifs is 1. The average Bonchev–Trinajstić information content (AvgIpc) is 2.94. The van der Waals surface area contributed by atoms with Crippen LogP contribution in [-0.2, 0) is 4.79 Å². The van der Waals surface area contributed by atoms with E-state index in [4.69, 9.17) is 4.74 Å². The van der Waals surface area contributed by atoms with E-state index in [1.165, 1.54) is 5.56 Å². The predicted octanol–water partition coefficient (Wildman–Crippen LogP) is 3.86. The van der Waals surface area contributed by atoms with E-state index >= 15 is 0 Å². The maximum Gasteiger partial charge on any atom is 0.261 e. The molecule has 1 heterocycles.